The molecule has 0 N–H and O–H groups in total. The molecule has 0 spiro atoms. The second-order valence-electron chi connectivity index (χ2n) is 4.41. The second-order valence-corrected chi connectivity index (χ2v) is 4.84. The van der Waals surface area contributed by atoms with E-state index >= 15 is 0 Å². The predicted molar refractivity (Wildman–Crippen MR) is 76.3 cm³/mol. The number of rotatable bonds is 3. The third-order valence-electron chi connectivity index (χ3n) is 2.79. The molecule has 0 radical (unpaired) electrons. The van der Waals surface area contributed by atoms with Crippen molar-refractivity contribution in [3.63, 3.8) is 0 Å². The Balaban J connectivity index is 2.40. The summed E-state index contributed by atoms with van der Waals surface area (Å²) in [6.07, 6.45) is -3.58. The van der Waals surface area contributed by atoms with Crippen LogP contribution in [0, 0.1) is 10.1 Å². The van der Waals surface area contributed by atoms with Crippen LogP contribution < -0.4 is 5.11 Å². The predicted octanol–water partition coefficient (Wildman–Crippen LogP) is 4.09. The summed E-state index contributed by atoms with van der Waals surface area (Å²) in [5.74, 6) is -0.921. The van der Waals surface area contributed by atoms with Crippen LogP contribution in [-0.4, -0.2) is 11.1 Å². The SMILES string of the molecule is O=[N+]([O-])c1cc(Cl)cc(C=Nc2cccc(C(F)(F)F)c2)c1[O-]. The zero-order valence-corrected chi connectivity index (χ0v) is 11.9. The molecule has 0 amide bonds. The lowest BCUT2D eigenvalue weighted by molar-refractivity contribution is -0.398. The second kappa shape index (κ2) is 6.25. The molecule has 0 saturated carbocycles. The summed E-state index contributed by atoms with van der Waals surface area (Å²) >= 11 is 5.68. The molecule has 0 aliphatic carbocycles. The van der Waals surface area contributed by atoms with Crippen molar-refractivity contribution in [1.82, 2.24) is 0 Å². The lowest BCUT2D eigenvalue weighted by Crippen LogP contribution is -2.04. The molecule has 0 heterocycles. The Kier molecular flexibility index (Phi) is 4.55. The number of nitro groups is 1. The average Bonchev–Trinajstić information content (AvgIpc) is 2.47. The van der Waals surface area contributed by atoms with Crippen molar-refractivity contribution in [2.24, 2.45) is 4.99 Å². The van der Waals surface area contributed by atoms with Crippen LogP contribution in [0.4, 0.5) is 24.5 Å². The van der Waals surface area contributed by atoms with Crippen LogP contribution >= 0.6 is 11.6 Å². The van der Waals surface area contributed by atoms with E-state index in [-0.39, 0.29) is 16.3 Å². The number of nitro benzene ring substituents is 1. The van der Waals surface area contributed by atoms with Crippen LogP contribution in [0.15, 0.2) is 41.4 Å². The third-order valence-corrected chi connectivity index (χ3v) is 3.00. The number of nitrogens with zero attached hydrogens (tertiary/aromatic N) is 2. The van der Waals surface area contributed by atoms with Gasteiger partial charge in [-0.1, -0.05) is 17.7 Å². The molecule has 0 atom stereocenters. The van der Waals surface area contributed by atoms with Gasteiger partial charge < -0.3 is 5.11 Å². The highest BCUT2D eigenvalue weighted by molar-refractivity contribution is 6.31. The molecule has 2 aromatic carbocycles. The molecular formula is C14H7ClF3N2O3-. The third kappa shape index (κ3) is 3.98. The van der Waals surface area contributed by atoms with E-state index < -0.39 is 28.1 Å². The van der Waals surface area contributed by atoms with E-state index in [9.17, 15) is 28.4 Å². The van der Waals surface area contributed by atoms with E-state index in [1.54, 1.807) is 0 Å². The Bertz CT molecular complexity index is 791. The number of hydrogen-bond donors (Lipinski definition) is 0. The minimum absolute atomic E-state index is 0.0538. The Hall–Kier alpha value is -2.61. The fourth-order valence-electron chi connectivity index (χ4n) is 1.74. The van der Waals surface area contributed by atoms with Gasteiger partial charge in [0.2, 0.25) is 0 Å². The zero-order chi connectivity index (χ0) is 17.2. The highest BCUT2D eigenvalue weighted by atomic mass is 35.5. The van der Waals surface area contributed by atoms with Crippen molar-refractivity contribution in [3.05, 3.63) is 62.7 Å². The van der Waals surface area contributed by atoms with E-state index in [1.807, 2.05) is 0 Å². The number of alkyl halides is 3. The van der Waals surface area contributed by atoms with Crippen molar-refractivity contribution in [3.8, 4) is 5.75 Å². The standard InChI is InChI=1S/C14H8ClF3N2O3/c15-10-4-8(13(21)12(6-10)20(22)23)7-19-11-3-1-2-9(5-11)14(16,17)18/h1-7,21H/p-1. The van der Waals surface area contributed by atoms with Gasteiger partial charge >= 0.3 is 6.18 Å². The van der Waals surface area contributed by atoms with Crippen LogP contribution in [-0.2, 0) is 6.18 Å². The molecule has 0 fully saturated rings. The summed E-state index contributed by atoms with van der Waals surface area (Å²) in [6.45, 7) is 0. The first-order valence-electron chi connectivity index (χ1n) is 6.05. The largest absolute Gasteiger partial charge is 0.867 e. The summed E-state index contributed by atoms with van der Waals surface area (Å²) in [4.78, 5) is 13.6. The van der Waals surface area contributed by atoms with Gasteiger partial charge in [-0.15, -0.1) is 0 Å². The molecule has 2 aromatic rings. The summed E-state index contributed by atoms with van der Waals surface area (Å²) in [5, 5.41) is 22.5. The van der Waals surface area contributed by atoms with Gasteiger partial charge in [0.1, 0.15) is 0 Å². The topological polar surface area (TPSA) is 78.6 Å². The van der Waals surface area contributed by atoms with Crippen molar-refractivity contribution < 1.29 is 23.2 Å². The van der Waals surface area contributed by atoms with Gasteiger partial charge in [-0.25, -0.2) is 0 Å². The normalized spacial score (nSPS) is 11.8. The summed E-state index contributed by atoms with van der Waals surface area (Å²) in [6, 6.07) is 6.17. The molecule has 120 valence electrons. The number of benzene rings is 2. The smallest absolute Gasteiger partial charge is 0.416 e. The van der Waals surface area contributed by atoms with Gasteiger partial charge in [0.25, 0.3) is 5.69 Å². The Morgan fingerprint density at radius 2 is 1.91 bits per heavy atom. The number of aliphatic imine (C=N–C) groups is 1. The minimum Gasteiger partial charge on any atom is -0.867 e. The molecule has 5 nitrogen and oxygen atoms in total. The van der Waals surface area contributed by atoms with Crippen LogP contribution in [0.5, 0.6) is 5.75 Å². The van der Waals surface area contributed by atoms with Gasteiger partial charge in [0.15, 0.2) is 0 Å². The van der Waals surface area contributed by atoms with E-state index in [1.165, 1.54) is 6.07 Å². The quantitative estimate of drug-likeness (QED) is 0.478. The van der Waals surface area contributed by atoms with Crippen LogP contribution in [0.25, 0.3) is 0 Å². The molecule has 9 heteroatoms. The molecule has 23 heavy (non-hydrogen) atoms. The lowest BCUT2D eigenvalue weighted by atomic mass is 10.1. The first-order valence-corrected chi connectivity index (χ1v) is 6.42. The van der Waals surface area contributed by atoms with Gasteiger partial charge in [-0.3, -0.25) is 15.1 Å². The summed E-state index contributed by atoms with van der Waals surface area (Å²) in [5.41, 5.74) is -1.88. The average molecular weight is 344 g/mol. The van der Waals surface area contributed by atoms with Crippen LogP contribution in [0.3, 0.4) is 0 Å². The molecule has 0 aromatic heterocycles. The van der Waals surface area contributed by atoms with Gasteiger partial charge in [-0.05, 0) is 35.6 Å². The Morgan fingerprint density at radius 1 is 1.22 bits per heavy atom. The summed E-state index contributed by atoms with van der Waals surface area (Å²) in [7, 11) is 0. The molecule has 0 bridgehead atoms. The molecule has 2 rings (SSSR count). The molecule has 0 aliphatic rings. The molecular weight excluding hydrogens is 337 g/mol. The zero-order valence-electron chi connectivity index (χ0n) is 11.2. The highest BCUT2D eigenvalue weighted by Gasteiger charge is 2.30. The van der Waals surface area contributed by atoms with E-state index in [0.717, 1.165) is 36.5 Å². The highest BCUT2D eigenvalue weighted by Crippen LogP contribution is 2.32. The molecule has 0 unspecified atom stereocenters. The van der Waals surface area contributed by atoms with Crippen molar-refractivity contribution in [1.29, 1.82) is 0 Å². The first-order chi connectivity index (χ1) is 10.7. The van der Waals surface area contributed by atoms with Crippen molar-refractivity contribution in [2.45, 2.75) is 6.18 Å². The Labute approximate surface area is 132 Å². The van der Waals surface area contributed by atoms with Gasteiger partial charge in [-0.2, -0.15) is 13.2 Å². The van der Waals surface area contributed by atoms with Crippen LogP contribution in [0.2, 0.25) is 5.02 Å². The number of halogens is 4. The fourth-order valence-corrected chi connectivity index (χ4v) is 1.96. The van der Waals surface area contributed by atoms with Crippen LogP contribution in [0.1, 0.15) is 11.1 Å². The summed E-state index contributed by atoms with van der Waals surface area (Å²) < 4.78 is 37.8. The minimum atomic E-state index is -4.52. The maximum Gasteiger partial charge on any atom is 0.416 e. The maximum absolute atomic E-state index is 12.6. The fraction of sp³-hybridized carbons (Fsp3) is 0.0714. The lowest BCUT2D eigenvalue weighted by Gasteiger charge is -2.11. The van der Waals surface area contributed by atoms with Gasteiger partial charge in [0, 0.05) is 17.3 Å². The van der Waals surface area contributed by atoms with Crippen molar-refractivity contribution in [2.75, 3.05) is 0 Å². The van der Waals surface area contributed by atoms with Gasteiger partial charge in [0.05, 0.1) is 16.2 Å². The van der Waals surface area contributed by atoms with E-state index in [2.05, 4.69) is 4.99 Å². The van der Waals surface area contributed by atoms with E-state index in [4.69, 9.17) is 11.6 Å². The first kappa shape index (κ1) is 16.8. The Morgan fingerprint density at radius 3 is 2.52 bits per heavy atom. The van der Waals surface area contributed by atoms with Crippen molar-refractivity contribution >= 4 is 29.2 Å². The van der Waals surface area contributed by atoms with E-state index in [0.29, 0.717) is 0 Å². The molecule has 0 saturated heterocycles. The number of hydrogen-bond acceptors (Lipinski definition) is 4. The maximum atomic E-state index is 12.6. The monoisotopic (exact) mass is 343 g/mol. The molecule has 0 aliphatic heterocycles.